The second-order valence-corrected chi connectivity index (χ2v) is 5.57. The Bertz CT molecular complexity index is 461. The number of hydrogen-bond donors (Lipinski definition) is 2. The van der Waals surface area contributed by atoms with Crippen molar-refractivity contribution in [3.05, 3.63) is 28.7 Å². The fourth-order valence-electron chi connectivity index (χ4n) is 1.77. The Hall–Kier alpha value is -1.56. The molecule has 116 valence electrons. The molecule has 1 aromatic rings. The number of benzene rings is 1. The number of ether oxygens (including phenoxy) is 1. The molecule has 6 heteroatoms. The number of halogens is 1. The van der Waals surface area contributed by atoms with Crippen LogP contribution in [-0.2, 0) is 9.59 Å². The van der Waals surface area contributed by atoms with E-state index in [-0.39, 0.29) is 12.3 Å². The molecule has 0 radical (unpaired) electrons. The van der Waals surface area contributed by atoms with Gasteiger partial charge in [-0.25, -0.2) is 4.79 Å². The summed E-state index contributed by atoms with van der Waals surface area (Å²) in [6.45, 7) is 2.30. The molecule has 2 N–H and O–H groups in total. The van der Waals surface area contributed by atoms with Gasteiger partial charge in [0.15, 0.2) is 0 Å². The summed E-state index contributed by atoms with van der Waals surface area (Å²) in [4.78, 5) is 22.6. The molecule has 0 fully saturated rings. The Morgan fingerprint density at radius 1 is 1.33 bits per heavy atom. The third kappa shape index (κ3) is 7.13. The summed E-state index contributed by atoms with van der Waals surface area (Å²) < 4.78 is 6.47. The number of nitrogens with one attached hydrogen (secondary N) is 1. The van der Waals surface area contributed by atoms with Crippen molar-refractivity contribution in [2.45, 2.75) is 38.6 Å². The number of amides is 1. The highest BCUT2D eigenvalue weighted by Crippen LogP contribution is 2.16. The smallest absolute Gasteiger partial charge is 0.326 e. The second-order valence-electron chi connectivity index (χ2n) is 4.65. The molecule has 21 heavy (non-hydrogen) atoms. The van der Waals surface area contributed by atoms with Crippen LogP contribution in [0.1, 0.15) is 32.6 Å². The van der Waals surface area contributed by atoms with Gasteiger partial charge in [-0.15, -0.1) is 0 Å². The number of carbonyl (C=O) groups excluding carboxylic acids is 1. The highest BCUT2D eigenvalue weighted by molar-refractivity contribution is 9.10. The van der Waals surface area contributed by atoms with E-state index in [1.54, 1.807) is 0 Å². The highest BCUT2D eigenvalue weighted by Gasteiger charge is 2.18. The minimum absolute atomic E-state index is 0.254. The molecule has 0 aromatic heterocycles. The van der Waals surface area contributed by atoms with E-state index in [0.717, 1.165) is 10.2 Å². The molecule has 1 rings (SSSR count). The maximum Gasteiger partial charge on any atom is 0.326 e. The Kier molecular flexibility index (Phi) is 7.82. The number of hydrogen-bond acceptors (Lipinski definition) is 3. The quantitative estimate of drug-likeness (QED) is 0.666. The van der Waals surface area contributed by atoms with Crippen LogP contribution in [0.3, 0.4) is 0 Å². The molecule has 0 bridgehead atoms. The van der Waals surface area contributed by atoms with Crippen LogP contribution in [0.2, 0.25) is 0 Å². The van der Waals surface area contributed by atoms with Crippen molar-refractivity contribution in [2.24, 2.45) is 0 Å². The number of carboxylic acids is 1. The van der Waals surface area contributed by atoms with Gasteiger partial charge in [0.2, 0.25) is 5.91 Å². The van der Waals surface area contributed by atoms with E-state index in [1.807, 2.05) is 31.2 Å². The fourth-order valence-corrected chi connectivity index (χ4v) is 2.03. The van der Waals surface area contributed by atoms with Crippen molar-refractivity contribution in [3.63, 3.8) is 0 Å². The summed E-state index contributed by atoms with van der Waals surface area (Å²) in [6.07, 6.45) is 1.95. The van der Waals surface area contributed by atoms with Crippen LogP contribution in [0.15, 0.2) is 28.7 Å². The van der Waals surface area contributed by atoms with Gasteiger partial charge in [-0.1, -0.05) is 29.3 Å². The van der Waals surface area contributed by atoms with Gasteiger partial charge in [-0.05, 0) is 37.1 Å². The van der Waals surface area contributed by atoms with Crippen molar-refractivity contribution in [1.82, 2.24) is 5.32 Å². The average molecular weight is 358 g/mol. The Morgan fingerprint density at radius 2 is 2.00 bits per heavy atom. The summed E-state index contributed by atoms with van der Waals surface area (Å²) in [6, 6.07) is 6.64. The van der Waals surface area contributed by atoms with E-state index in [1.165, 1.54) is 0 Å². The molecule has 0 aliphatic rings. The molecule has 0 aliphatic heterocycles. The summed E-state index contributed by atoms with van der Waals surface area (Å²) in [5, 5.41) is 11.5. The topological polar surface area (TPSA) is 75.6 Å². The van der Waals surface area contributed by atoms with Crippen LogP contribution in [0.5, 0.6) is 5.75 Å². The zero-order chi connectivity index (χ0) is 15.7. The Morgan fingerprint density at radius 3 is 2.57 bits per heavy atom. The molecule has 0 unspecified atom stereocenters. The van der Waals surface area contributed by atoms with Crippen molar-refractivity contribution in [2.75, 3.05) is 6.61 Å². The largest absolute Gasteiger partial charge is 0.494 e. The number of aliphatic carboxylic acids is 1. The minimum atomic E-state index is -0.990. The summed E-state index contributed by atoms with van der Waals surface area (Å²) in [5.74, 6) is -0.500. The van der Waals surface area contributed by atoms with Crippen LogP contribution >= 0.6 is 15.9 Å². The summed E-state index contributed by atoms with van der Waals surface area (Å²) >= 11 is 3.34. The molecular formula is C15H20BrNO4. The number of carbonyl (C=O) groups is 2. The number of carboxylic acid groups (broad SMARTS) is 1. The van der Waals surface area contributed by atoms with Crippen LogP contribution < -0.4 is 10.1 Å². The zero-order valence-electron chi connectivity index (χ0n) is 12.0. The van der Waals surface area contributed by atoms with Gasteiger partial charge in [0.05, 0.1) is 6.61 Å². The normalized spacial score (nSPS) is 11.7. The van der Waals surface area contributed by atoms with E-state index in [4.69, 9.17) is 9.84 Å². The molecular weight excluding hydrogens is 338 g/mol. The fraction of sp³-hybridized carbons (Fsp3) is 0.467. The van der Waals surface area contributed by atoms with Gasteiger partial charge in [0.1, 0.15) is 11.8 Å². The monoisotopic (exact) mass is 357 g/mol. The maximum absolute atomic E-state index is 11.7. The first-order chi connectivity index (χ1) is 10.0. The SMILES string of the molecule is CCC[C@@H](NC(=O)CCCOc1ccc(Br)cc1)C(=O)O. The van der Waals surface area contributed by atoms with Gasteiger partial charge in [-0.2, -0.15) is 0 Å². The van der Waals surface area contributed by atoms with E-state index in [0.29, 0.717) is 25.9 Å². The molecule has 1 amide bonds. The highest BCUT2D eigenvalue weighted by atomic mass is 79.9. The Labute approximate surface area is 132 Å². The van der Waals surface area contributed by atoms with Gasteiger partial charge in [-0.3, -0.25) is 4.79 Å². The van der Waals surface area contributed by atoms with E-state index in [2.05, 4.69) is 21.2 Å². The first kappa shape index (κ1) is 17.5. The molecule has 1 atom stereocenters. The van der Waals surface area contributed by atoms with Gasteiger partial charge in [0, 0.05) is 10.9 Å². The molecule has 0 aliphatic carbocycles. The first-order valence-electron chi connectivity index (χ1n) is 6.93. The second kappa shape index (κ2) is 9.39. The first-order valence-corrected chi connectivity index (χ1v) is 7.72. The van der Waals surface area contributed by atoms with Gasteiger partial charge < -0.3 is 15.2 Å². The minimum Gasteiger partial charge on any atom is -0.494 e. The third-order valence-corrected chi connectivity index (χ3v) is 3.37. The molecule has 0 spiro atoms. The van der Waals surface area contributed by atoms with Crippen LogP contribution in [0.25, 0.3) is 0 Å². The third-order valence-electron chi connectivity index (χ3n) is 2.84. The summed E-state index contributed by atoms with van der Waals surface area (Å²) in [7, 11) is 0. The zero-order valence-corrected chi connectivity index (χ0v) is 13.6. The standard InChI is InChI=1S/C15H20BrNO4/c1-2-4-13(15(19)20)17-14(18)5-3-10-21-12-8-6-11(16)7-9-12/h6-9,13H,2-5,10H2,1H3,(H,17,18)(H,19,20)/t13-/m1/s1. The van der Waals surface area contributed by atoms with Crippen LogP contribution in [0.4, 0.5) is 0 Å². The lowest BCUT2D eigenvalue weighted by atomic mass is 10.1. The van der Waals surface area contributed by atoms with Crippen LogP contribution in [-0.4, -0.2) is 29.6 Å². The Balaban J connectivity index is 2.23. The molecule has 5 nitrogen and oxygen atoms in total. The predicted molar refractivity (Wildman–Crippen MR) is 83.3 cm³/mol. The lowest BCUT2D eigenvalue weighted by molar-refractivity contribution is -0.142. The molecule has 0 heterocycles. The van der Waals surface area contributed by atoms with Gasteiger partial charge >= 0.3 is 5.97 Å². The van der Waals surface area contributed by atoms with Crippen molar-refractivity contribution >= 4 is 27.8 Å². The predicted octanol–water partition coefficient (Wildman–Crippen LogP) is 2.98. The lowest BCUT2D eigenvalue weighted by Gasteiger charge is -2.13. The number of rotatable bonds is 9. The van der Waals surface area contributed by atoms with Gasteiger partial charge in [0.25, 0.3) is 0 Å². The molecule has 1 aromatic carbocycles. The molecule has 0 saturated heterocycles. The molecule has 0 saturated carbocycles. The van der Waals surface area contributed by atoms with E-state index < -0.39 is 12.0 Å². The lowest BCUT2D eigenvalue weighted by Crippen LogP contribution is -2.40. The summed E-state index contributed by atoms with van der Waals surface area (Å²) in [5.41, 5.74) is 0. The van der Waals surface area contributed by atoms with Crippen LogP contribution in [0, 0.1) is 0 Å². The van der Waals surface area contributed by atoms with E-state index in [9.17, 15) is 9.59 Å². The van der Waals surface area contributed by atoms with Crippen molar-refractivity contribution in [3.8, 4) is 5.75 Å². The van der Waals surface area contributed by atoms with Crippen molar-refractivity contribution < 1.29 is 19.4 Å². The maximum atomic E-state index is 11.7. The average Bonchev–Trinajstić information content (AvgIpc) is 2.45. The van der Waals surface area contributed by atoms with Crippen molar-refractivity contribution in [1.29, 1.82) is 0 Å². The van der Waals surface area contributed by atoms with E-state index >= 15 is 0 Å².